The lowest BCUT2D eigenvalue weighted by Gasteiger charge is -2.10. The first-order valence-electron chi connectivity index (χ1n) is 9.13. The molecule has 1 heterocycles. The predicted molar refractivity (Wildman–Crippen MR) is 116 cm³/mol. The third-order valence-corrected chi connectivity index (χ3v) is 7.15. The van der Waals surface area contributed by atoms with Crippen molar-refractivity contribution in [2.45, 2.75) is 35.7 Å². The average Bonchev–Trinajstić information content (AvgIpc) is 2.68. The van der Waals surface area contributed by atoms with Crippen LogP contribution in [0.1, 0.15) is 18.1 Å². The third kappa shape index (κ3) is 5.96. The zero-order valence-electron chi connectivity index (χ0n) is 17.0. The maximum absolute atomic E-state index is 12.6. The largest absolute Gasteiger partial charge is 0.358 e. The van der Waals surface area contributed by atoms with Crippen LogP contribution in [-0.2, 0) is 20.2 Å². The lowest BCUT2D eigenvalue weighted by molar-refractivity contribution is 0.454. The molecule has 0 spiro atoms. The van der Waals surface area contributed by atoms with Gasteiger partial charge in [-0.2, -0.15) is 26.8 Å². The van der Waals surface area contributed by atoms with E-state index >= 15 is 0 Å². The smallest absolute Gasteiger partial charge is 0.340 e. The lowest BCUT2D eigenvalue weighted by atomic mass is 10.2. The first-order chi connectivity index (χ1) is 14.6. The van der Waals surface area contributed by atoms with Gasteiger partial charge in [0.25, 0.3) is 0 Å². The van der Waals surface area contributed by atoms with Crippen molar-refractivity contribution in [3.63, 3.8) is 0 Å². The van der Waals surface area contributed by atoms with Gasteiger partial charge in [-0.3, -0.25) is 0 Å². The van der Waals surface area contributed by atoms with Gasteiger partial charge in [-0.25, -0.2) is 0 Å². The number of hydrogen-bond acceptors (Lipinski definition) is 9. The molecule has 0 saturated heterocycles. The first-order valence-corrected chi connectivity index (χ1v) is 12.9. The van der Waals surface area contributed by atoms with Gasteiger partial charge in [-0.15, -0.1) is 0 Å². The van der Waals surface area contributed by atoms with E-state index < -0.39 is 20.2 Å². The van der Waals surface area contributed by atoms with Crippen molar-refractivity contribution >= 4 is 32.0 Å². The summed E-state index contributed by atoms with van der Waals surface area (Å²) in [6.07, 6.45) is 0. The van der Waals surface area contributed by atoms with Gasteiger partial charge in [0, 0.05) is 0 Å². The predicted octanol–water partition coefficient (Wildman–Crippen LogP) is 3.74. The second kappa shape index (κ2) is 9.25. The number of nitrogens with zero attached hydrogens (tertiary/aromatic N) is 2. The third-order valence-electron chi connectivity index (χ3n) is 3.94. The van der Waals surface area contributed by atoms with Crippen molar-refractivity contribution in [2.75, 3.05) is 5.75 Å². The minimum absolute atomic E-state index is 0.0591. The highest BCUT2D eigenvalue weighted by atomic mass is 32.2. The fourth-order valence-corrected chi connectivity index (χ4v) is 4.71. The summed E-state index contributed by atoms with van der Waals surface area (Å²) in [4.78, 5) is 7.96. The zero-order valence-corrected chi connectivity index (χ0v) is 19.4. The normalized spacial score (nSPS) is 11.8. The van der Waals surface area contributed by atoms with Crippen LogP contribution in [0.25, 0.3) is 0 Å². The van der Waals surface area contributed by atoms with Gasteiger partial charge in [-0.05, 0) is 43.9 Å². The number of rotatable bonds is 8. The van der Waals surface area contributed by atoms with Gasteiger partial charge in [0.05, 0.1) is 6.07 Å². The number of benzene rings is 2. The number of hydrogen-bond donors (Lipinski definition) is 0. The standard InChI is InChI=1S/C20H20N2O6S3/c1-4-29-20-21-18(27-30(23,24)16-9-5-14(2)6-10-16)13-19(22-20)28-31(25,26)17-11-7-15(3)8-12-17/h5-13H,4H2,1-3H3. The zero-order chi connectivity index (χ0) is 22.6. The Bertz CT molecular complexity index is 1180. The SMILES string of the molecule is CCSc1nc(OS(=O)(=O)c2ccc(C)cc2)cc(OS(=O)(=O)c2ccc(C)cc2)n1. The molecule has 0 atom stereocenters. The van der Waals surface area contributed by atoms with Gasteiger partial charge >= 0.3 is 20.2 Å². The minimum atomic E-state index is -4.18. The quantitative estimate of drug-likeness (QED) is 0.270. The molecular weight excluding hydrogens is 460 g/mol. The highest BCUT2D eigenvalue weighted by Crippen LogP contribution is 2.26. The van der Waals surface area contributed by atoms with E-state index in [0.717, 1.165) is 17.2 Å². The molecule has 164 valence electrons. The van der Waals surface area contributed by atoms with Crippen molar-refractivity contribution < 1.29 is 25.2 Å². The summed E-state index contributed by atoms with van der Waals surface area (Å²) in [5, 5.41) is 0.119. The maximum atomic E-state index is 12.6. The second-order valence-electron chi connectivity index (χ2n) is 6.46. The Kier molecular flexibility index (Phi) is 6.87. The summed E-state index contributed by atoms with van der Waals surface area (Å²) in [5.41, 5.74) is 1.78. The topological polar surface area (TPSA) is 113 Å². The summed E-state index contributed by atoms with van der Waals surface area (Å²) in [5.74, 6) is -0.126. The monoisotopic (exact) mass is 480 g/mol. The summed E-state index contributed by atoms with van der Waals surface area (Å²) in [7, 11) is -8.37. The molecule has 0 saturated carbocycles. The van der Waals surface area contributed by atoms with E-state index in [1.807, 2.05) is 20.8 Å². The average molecular weight is 481 g/mol. The van der Waals surface area contributed by atoms with E-state index in [-0.39, 0.29) is 26.7 Å². The van der Waals surface area contributed by atoms with Gasteiger partial charge in [0.15, 0.2) is 5.16 Å². The highest BCUT2D eigenvalue weighted by Gasteiger charge is 2.22. The van der Waals surface area contributed by atoms with Crippen LogP contribution in [0, 0.1) is 13.8 Å². The summed E-state index contributed by atoms with van der Waals surface area (Å²) in [6.45, 7) is 5.50. The molecule has 0 fully saturated rings. The van der Waals surface area contributed by atoms with Crippen molar-refractivity contribution in [2.24, 2.45) is 0 Å². The van der Waals surface area contributed by atoms with Crippen molar-refractivity contribution in [3.05, 3.63) is 65.7 Å². The molecular formula is C20H20N2O6S3. The lowest BCUT2D eigenvalue weighted by Crippen LogP contribution is -2.13. The molecule has 0 aliphatic heterocycles. The molecule has 0 amide bonds. The minimum Gasteiger partial charge on any atom is -0.358 e. The molecule has 31 heavy (non-hydrogen) atoms. The van der Waals surface area contributed by atoms with E-state index in [1.54, 1.807) is 24.3 Å². The van der Waals surface area contributed by atoms with Crippen molar-refractivity contribution in [1.82, 2.24) is 9.97 Å². The highest BCUT2D eigenvalue weighted by molar-refractivity contribution is 7.99. The fourth-order valence-electron chi connectivity index (χ4n) is 2.39. The molecule has 8 nitrogen and oxygen atoms in total. The van der Waals surface area contributed by atoms with Gasteiger partial charge in [0.2, 0.25) is 11.8 Å². The molecule has 1 aromatic heterocycles. The molecule has 0 N–H and O–H groups in total. The van der Waals surface area contributed by atoms with E-state index in [1.165, 1.54) is 36.0 Å². The Morgan fingerprint density at radius 3 is 1.48 bits per heavy atom. The van der Waals surface area contributed by atoms with Crippen LogP contribution < -0.4 is 8.37 Å². The van der Waals surface area contributed by atoms with Crippen LogP contribution in [0.5, 0.6) is 11.8 Å². The van der Waals surface area contributed by atoms with Crippen LogP contribution in [0.4, 0.5) is 0 Å². The van der Waals surface area contributed by atoms with Crippen molar-refractivity contribution in [3.8, 4) is 11.8 Å². The Morgan fingerprint density at radius 2 is 1.13 bits per heavy atom. The molecule has 0 unspecified atom stereocenters. The molecule has 2 aromatic carbocycles. The molecule has 11 heteroatoms. The molecule has 0 radical (unpaired) electrons. The molecule has 0 bridgehead atoms. The van der Waals surface area contributed by atoms with Crippen LogP contribution in [-0.4, -0.2) is 32.6 Å². The van der Waals surface area contributed by atoms with Crippen LogP contribution in [0.3, 0.4) is 0 Å². The molecule has 0 aliphatic rings. The Hall–Kier alpha value is -2.63. The van der Waals surface area contributed by atoms with Gasteiger partial charge in [-0.1, -0.05) is 54.1 Å². The van der Waals surface area contributed by atoms with E-state index in [9.17, 15) is 16.8 Å². The number of aryl methyl sites for hydroxylation is 2. The maximum Gasteiger partial charge on any atom is 0.340 e. The van der Waals surface area contributed by atoms with E-state index in [0.29, 0.717) is 5.75 Å². The van der Waals surface area contributed by atoms with Crippen LogP contribution in [0.15, 0.2) is 69.5 Å². The van der Waals surface area contributed by atoms with Gasteiger partial charge < -0.3 is 8.37 Å². The van der Waals surface area contributed by atoms with E-state index in [4.69, 9.17) is 8.37 Å². The Morgan fingerprint density at radius 1 is 0.742 bits per heavy atom. The van der Waals surface area contributed by atoms with Crippen LogP contribution >= 0.6 is 11.8 Å². The Labute approximate surface area is 185 Å². The fraction of sp³-hybridized carbons (Fsp3) is 0.200. The van der Waals surface area contributed by atoms with Crippen LogP contribution in [0.2, 0.25) is 0 Å². The molecule has 3 rings (SSSR count). The van der Waals surface area contributed by atoms with Gasteiger partial charge in [0.1, 0.15) is 9.79 Å². The summed E-state index contributed by atoms with van der Waals surface area (Å²) in [6, 6.07) is 13.2. The second-order valence-corrected chi connectivity index (χ2v) is 10.8. The molecule has 0 aliphatic carbocycles. The molecule has 3 aromatic rings. The number of thioether (sulfide) groups is 1. The Balaban J connectivity index is 1.93. The number of aromatic nitrogens is 2. The van der Waals surface area contributed by atoms with E-state index in [2.05, 4.69) is 9.97 Å². The summed E-state index contributed by atoms with van der Waals surface area (Å²) < 4.78 is 60.6. The first kappa shape index (κ1) is 23.0. The van der Waals surface area contributed by atoms with Crippen molar-refractivity contribution in [1.29, 1.82) is 0 Å². The summed E-state index contributed by atoms with van der Waals surface area (Å²) >= 11 is 1.18.